The van der Waals surface area contributed by atoms with E-state index in [4.69, 9.17) is 11.6 Å². The molecule has 1 aliphatic carbocycles. The second-order valence-electron chi connectivity index (χ2n) is 4.75. The summed E-state index contributed by atoms with van der Waals surface area (Å²) in [6, 6.07) is 6.97. The van der Waals surface area contributed by atoms with E-state index in [9.17, 15) is 0 Å². The highest BCUT2D eigenvalue weighted by atomic mass is 35.5. The number of rotatable bonds is 5. The van der Waals surface area contributed by atoms with E-state index in [-0.39, 0.29) is 0 Å². The van der Waals surface area contributed by atoms with Crippen LogP contribution in [-0.2, 0) is 13.1 Å². The molecule has 0 bridgehead atoms. The van der Waals surface area contributed by atoms with Crippen LogP contribution in [0.4, 0.5) is 0 Å². The highest BCUT2D eigenvalue weighted by Crippen LogP contribution is 2.30. The van der Waals surface area contributed by atoms with E-state index in [1.54, 1.807) is 17.5 Å². The molecular formula is C14H15ClN2S. The average molecular weight is 279 g/mol. The van der Waals surface area contributed by atoms with Gasteiger partial charge in [0.05, 0.1) is 0 Å². The van der Waals surface area contributed by atoms with Crippen molar-refractivity contribution in [1.82, 2.24) is 9.88 Å². The Kier molecular flexibility index (Phi) is 3.64. The van der Waals surface area contributed by atoms with Gasteiger partial charge in [-0.05, 0) is 52.9 Å². The number of hydrogen-bond donors (Lipinski definition) is 0. The van der Waals surface area contributed by atoms with Gasteiger partial charge in [-0.3, -0.25) is 4.90 Å². The van der Waals surface area contributed by atoms with Gasteiger partial charge in [-0.1, -0.05) is 11.6 Å². The summed E-state index contributed by atoms with van der Waals surface area (Å²) in [7, 11) is 0. The van der Waals surface area contributed by atoms with Crippen LogP contribution in [0.15, 0.2) is 35.2 Å². The third-order valence-electron chi connectivity index (χ3n) is 3.21. The smallest absolute Gasteiger partial charge is 0.129 e. The predicted octanol–water partition coefficient (Wildman–Crippen LogP) is 3.96. The van der Waals surface area contributed by atoms with Gasteiger partial charge in [0.2, 0.25) is 0 Å². The van der Waals surface area contributed by atoms with Gasteiger partial charge in [0.1, 0.15) is 5.15 Å². The summed E-state index contributed by atoms with van der Waals surface area (Å²) in [5.74, 6) is 0. The van der Waals surface area contributed by atoms with Crippen molar-refractivity contribution in [3.63, 3.8) is 0 Å². The molecule has 4 heteroatoms. The van der Waals surface area contributed by atoms with Crippen molar-refractivity contribution in [1.29, 1.82) is 0 Å². The second-order valence-corrected chi connectivity index (χ2v) is 5.92. The normalized spacial score (nSPS) is 15.2. The van der Waals surface area contributed by atoms with Crippen LogP contribution < -0.4 is 0 Å². The molecule has 0 atom stereocenters. The number of thiophene rings is 1. The van der Waals surface area contributed by atoms with Crippen molar-refractivity contribution in [2.24, 2.45) is 0 Å². The van der Waals surface area contributed by atoms with Crippen molar-refractivity contribution in [3.8, 4) is 0 Å². The minimum absolute atomic E-state index is 0.582. The number of hydrogen-bond acceptors (Lipinski definition) is 3. The Morgan fingerprint density at radius 3 is 2.78 bits per heavy atom. The van der Waals surface area contributed by atoms with Gasteiger partial charge in [-0.2, -0.15) is 11.3 Å². The van der Waals surface area contributed by atoms with E-state index in [2.05, 4.69) is 32.8 Å². The van der Waals surface area contributed by atoms with E-state index in [0.29, 0.717) is 5.15 Å². The fourth-order valence-electron chi connectivity index (χ4n) is 2.15. The van der Waals surface area contributed by atoms with E-state index >= 15 is 0 Å². The second kappa shape index (κ2) is 5.39. The zero-order valence-corrected chi connectivity index (χ0v) is 11.6. The molecule has 1 fully saturated rings. The first-order chi connectivity index (χ1) is 8.81. The van der Waals surface area contributed by atoms with E-state index in [1.165, 1.54) is 24.0 Å². The molecule has 0 saturated heterocycles. The minimum atomic E-state index is 0.582. The molecule has 0 spiro atoms. The Labute approximate surface area is 116 Å². The first-order valence-electron chi connectivity index (χ1n) is 6.17. The van der Waals surface area contributed by atoms with E-state index < -0.39 is 0 Å². The molecule has 0 radical (unpaired) electrons. The van der Waals surface area contributed by atoms with Crippen LogP contribution in [0.25, 0.3) is 0 Å². The highest BCUT2D eigenvalue weighted by Gasteiger charge is 2.28. The summed E-state index contributed by atoms with van der Waals surface area (Å²) in [4.78, 5) is 6.57. The lowest BCUT2D eigenvalue weighted by Gasteiger charge is -2.21. The molecule has 1 aliphatic rings. The maximum Gasteiger partial charge on any atom is 0.129 e. The third kappa shape index (κ3) is 3.10. The van der Waals surface area contributed by atoms with Gasteiger partial charge < -0.3 is 0 Å². The first-order valence-corrected chi connectivity index (χ1v) is 7.49. The first kappa shape index (κ1) is 12.2. The van der Waals surface area contributed by atoms with Gasteiger partial charge in [0, 0.05) is 25.3 Å². The maximum atomic E-state index is 5.94. The summed E-state index contributed by atoms with van der Waals surface area (Å²) in [5.41, 5.74) is 2.66. The van der Waals surface area contributed by atoms with Crippen LogP contribution in [0.5, 0.6) is 0 Å². The third-order valence-corrected chi connectivity index (χ3v) is 4.14. The van der Waals surface area contributed by atoms with Gasteiger partial charge in [0.25, 0.3) is 0 Å². The summed E-state index contributed by atoms with van der Waals surface area (Å²) < 4.78 is 0. The molecule has 2 heterocycles. The van der Waals surface area contributed by atoms with Gasteiger partial charge in [-0.15, -0.1) is 0 Å². The lowest BCUT2D eigenvalue weighted by Crippen LogP contribution is -2.24. The fourth-order valence-corrected chi connectivity index (χ4v) is 3.00. The van der Waals surface area contributed by atoms with Crippen molar-refractivity contribution >= 4 is 22.9 Å². The Balaban J connectivity index is 1.70. The van der Waals surface area contributed by atoms with Gasteiger partial charge in [0.15, 0.2) is 0 Å². The molecule has 18 heavy (non-hydrogen) atoms. The van der Waals surface area contributed by atoms with Crippen molar-refractivity contribution in [2.45, 2.75) is 32.0 Å². The standard InChI is InChI=1S/C14H15ClN2S/c15-14-7-11(3-5-16-14)8-17(13-1-2-13)9-12-4-6-18-10-12/h3-7,10,13H,1-2,8-9H2. The molecule has 0 aromatic carbocycles. The molecular weight excluding hydrogens is 264 g/mol. The molecule has 0 unspecified atom stereocenters. The van der Waals surface area contributed by atoms with E-state index in [0.717, 1.165) is 19.1 Å². The Morgan fingerprint density at radius 1 is 1.28 bits per heavy atom. The van der Waals surface area contributed by atoms with Crippen LogP contribution in [0, 0.1) is 0 Å². The minimum Gasteiger partial charge on any atom is -0.292 e. The molecule has 94 valence electrons. The lowest BCUT2D eigenvalue weighted by atomic mass is 10.2. The number of nitrogens with zero attached hydrogens (tertiary/aromatic N) is 2. The summed E-state index contributed by atoms with van der Waals surface area (Å²) in [5, 5.41) is 4.96. The number of aromatic nitrogens is 1. The highest BCUT2D eigenvalue weighted by molar-refractivity contribution is 7.07. The summed E-state index contributed by atoms with van der Waals surface area (Å²) in [6.45, 7) is 2.00. The fraction of sp³-hybridized carbons (Fsp3) is 0.357. The molecule has 0 aliphatic heterocycles. The number of halogens is 1. The Morgan fingerprint density at radius 2 is 2.11 bits per heavy atom. The number of pyridine rings is 1. The molecule has 2 aromatic heterocycles. The molecule has 1 saturated carbocycles. The van der Waals surface area contributed by atoms with Gasteiger partial charge in [-0.25, -0.2) is 4.98 Å². The van der Waals surface area contributed by atoms with Gasteiger partial charge >= 0.3 is 0 Å². The van der Waals surface area contributed by atoms with Crippen LogP contribution >= 0.6 is 22.9 Å². The predicted molar refractivity (Wildman–Crippen MR) is 75.8 cm³/mol. The maximum absolute atomic E-state index is 5.94. The largest absolute Gasteiger partial charge is 0.292 e. The van der Waals surface area contributed by atoms with Crippen molar-refractivity contribution in [3.05, 3.63) is 51.4 Å². The van der Waals surface area contributed by atoms with Crippen LogP contribution in [-0.4, -0.2) is 15.9 Å². The van der Waals surface area contributed by atoms with Crippen LogP contribution in [0.3, 0.4) is 0 Å². The molecule has 0 N–H and O–H groups in total. The molecule has 2 nitrogen and oxygen atoms in total. The van der Waals surface area contributed by atoms with Crippen molar-refractivity contribution in [2.75, 3.05) is 0 Å². The molecule has 3 rings (SSSR count). The SMILES string of the molecule is Clc1cc(CN(Cc2ccsc2)C2CC2)ccn1. The molecule has 0 amide bonds. The van der Waals surface area contributed by atoms with E-state index in [1.807, 2.05) is 6.07 Å². The topological polar surface area (TPSA) is 16.1 Å². The summed E-state index contributed by atoms with van der Waals surface area (Å²) >= 11 is 7.70. The lowest BCUT2D eigenvalue weighted by molar-refractivity contribution is 0.246. The average Bonchev–Trinajstić information content (AvgIpc) is 3.08. The molecule has 2 aromatic rings. The zero-order chi connectivity index (χ0) is 12.4. The monoisotopic (exact) mass is 278 g/mol. The Bertz CT molecular complexity index is 508. The van der Waals surface area contributed by atoms with Crippen LogP contribution in [0.1, 0.15) is 24.0 Å². The van der Waals surface area contributed by atoms with Crippen molar-refractivity contribution < 1.29 is 0 Å². The quantitative estimate of drug-likeness (QED) is 0.770. The Hall–Kier alpha value is -0.900. The zero-order valence-electron chi connectivity index (χ0n) is 10.1. The van der Waals surface area contributed by atoms with Crippen LogP contribution in [0.2, 0.25) is 5.15 Å². The summed E-state index contributed by atoms with van der Waals surface area (Å²) in [6.07, 6.45) is 4.43.